The van der Waals surface area contributed by atoms with Gasteiger partial charge in [-0.1, -0.05) is 20.8 Å². The molecule has 0 saturated heterocycles. The molecule has 0 aliphatic heterocycles. The highest BCUT2D eigenvalue weighted by Crippen LogP contribution is 2.07. The lowest BCUT2D eigenvalue weighted by molar-refractivity contribution is 0.280. The minimum Gasteiger partial charge on any atom is -0.314 e. The van der Waals surface area contributed by atoms with Crippen molar-refractivity contribution in [2.45, 2.75) is 59.5 Å². The van der Waals surface area contributed by atoms with Crippen molar-refractivity contribution in [1.29, 1.82) is 0 Å². The molecular weight excluding hydrogens is 248 g/mol. The molecular formula is C16H32N4. The minimum absolute atomic E-state index is 0.560. The molecule has 1 unspecified atom stereocenters. The molecule has 1 heterocycles. The van der Waals surface area contributed by atoms with Crippen LogP contribution in [0, 0.1) is 0 Å². The van der Waals surface area contributed by atoms with Crippen LogP contribution in [-0.2, 0) is 13.0 Å². The van der Waals surface area contributed by atoms with Gasteiger partial charge in [-0.2, -0.15) is 5.10 Å². The van der Waals surface area contributed by atoms with Crippen LogP contribution in [0.15, 0.2) is 12.4 Å². The molecule has 1 aromatic heterocycles. The summed E-state index contributed by atoms with van der Waals surface area (Å²) in [5, 5.41) is 8.06. The van der Waals surface area contributed by atoms with Gasteiger partial charge in [-0.05, 0) is 57.9 Å². The molecule has 4 heteroatoms. The quantitative estimate of drug-likeness (QED) is 0.676. The minimum atomic E-state index is 0.560. The summed E-state index contributed by atoms with van der Waals surface area (Å²) in [5.41, 5.74) is 1.35. The van der Waals surface area contributed by atoms with Gasteiger partial charge in [0.25, 0.3) is 0 Å². The van der Waals surface area contributed by atoms with Crippen molar-refractivity contribution in [3.05, 3.63) is 18.0 Å². The summed E-state index contributed by atoms with van der Waals surface area (Å²) >= 11 is 0. The van der Waals surface area contributed by atoms with E-state index >= 15 is 0 Å². The Morgan fingerprint density at radius 2 is 2.00 bits per heavy atom. The van der Waals surface area contributed by atoms with Crippen LogP contribution in [0.5, 0.6) is 0 Å². The lowest BCUT2D eigenvalue weighted by atomic mass is 10.1. The van der Waals surface area contributed by atoms with E-state index in [0.29, 0.717) is 6.04 Å². The Bertz CT molecular complexity index is 344. The summed E-state index contributed by atoms with van der Waals surface area (Å²) in [6, 6.07) is 0.560. The molecule has 0 radical (unpaired) electrons. The molecule has 0 bridgehead atoms. The van der Waals surface area contributed by atoms with E-state index in [-0.39, 0.29) is 0 Å². The van der Waals surface area contributed by atoms with E-state index in [9.17, 15) is 0 Å². The zero-order valence-electron chi connectivity index (χ0n) is 13.7. The highest BCUT2D eigenvalue weighted by Gasteiger charge is 2.11. The standard InChI is InChI=1S/C16H32N4/c1-5-10-17-16(9-11-19(6-2)7-3)12-15-13-18-20(8-4)14-15/h13-14,16-17H,5-12H2,1-4H3. The number of aromatic nitrogens is 2. The fourth-order valence-electron chi connectivity index (χ4n) is 2.47. The van der Waals surface area contributed by atoms with Gasteiger partial charge in [0.15, 0.2) is 0 Å². The number of rotatable bonds is 11. The van der Waals surface area contributed by atoms with Gasteiger partial charge in [-0.25, -0.2) is 0 Å². The molecule has 0 saturated carbocycles. The Morgan fingerprint density at radius 3 is 2.55 bits per heavy atom. The van der Waals surface area contributed by atoms with Gasteiger partial charge in [0.1, 0.15) is 0 Å². The number of hydrogen-bond donors (Lipinski definition) is 1. The summed E-state index contributed by atoms with van der Waals surface area (Å²) in [4.78, 5) is 2.50. The first kappa shape index (κ1) is 17.2. The number of nitrogens with one attached hydrogen (secondary N) is 1. The van der Waals surface area contributed by atoms with Crippen molar-refractivity contribution in [2.75, 3.05) is 26.2 Å². The van der Waals surface area contributed by atoms with Crippen LogP contribution < -0.4 is 5.32 Å². The summed E-state index contributed by atoms with van der Waals surface area (Å²) < 4.78 is 2.01. The first-order chi connectivity index (χ1) is 9.73. The molecule has 20 heavy (non-hydrogen) atoms. The van der Waals surface area contributed by atoms with Crippen LogP contribution in [0.3, 0.4) is 0 Å². The van der Waals surface area contributed by atoms with E-state index < -0.39 is 0 Å². The molecule has 0 aromatic carbocycles. The zero-order valence-corrected chi connectivity index (χ0v) is 13.7. The fourth-order valence-corrected chi connectivity index (χ4v) is 2.47. The second kappa shape index (κ2) is 9.94. The molecule has 4 nitrogen and oxygen atoms in total. The highest BCUT2D eigenvalue weighted by atomic mass is 15.3. The maximum atomic E-state index is 4.37. The predicted octanol–water partition coefficient (Wildman–Crippen LogP) is 2.55. The molecule has 0 fully saturated rings. The summed E-state index contributed by atoms with van der Waals surface area (Å²) in [6.45, 7) is 14.4. The lowest BCUT2D eigenvalue weighted by Gasteiger charge is -2.23. The molecule has 0 aliphatic carbocycles. The monoisotopic (exact) mass is 280 g/mol. The van der Waals surface area contributed by atoms with Crippen molar-refractivity contribution < 1.29 is 0 Å². The average molecular weight is 280 g/mol. The van der Waals surface area contributed by atoms with Crippen LogP contribution in [-0.4, -0.2) is 46.9 Å². The highest BCUT2D eigenvalue weighted by molar-refractivity contribution is 5.06. The topological polar surface area (TPSA) is 33.1 Å². The average Bonchev–Trinajstić information content (AvgIpc) is 2.93. The first-order valence-electron chi connectivity index (χ1n) is 8.20. The fraction of sp³-hybridized carbons (Fsp3) is 0.812. The van der Waals surface area contributed by atoms with Crippen molar-refractivity contribution >= 4 is 0 Å². The smallest absolute Gasteiger partial charge is 0.0522 e. The Kier molecular flexibility index (Phi) is 8.54. The van der Waals surface area contributed by atoms with E-state index in [2.05, 4.69) is 49.2 Å². The van der Waals surface area contributed by atoms with Crippen molar-refractivity contribution in [3.63, 3.8) is 0 Å². The summed E-state index contributed by atoms with van der Waals surface area (Å²) in [5.74, 6) is 0. The SMILES string of the molecule is CCCNC(CCN(CC)CC)Cc1cnn(CC)c1. The van der Waals surface area contributed by atoms with Gasteiger partial charge in [0.05, 0.1) is 6.20 Å². The van der Waals surface area contributed by atoms with Gasteiger partial charge in [0, 0.05) is 18.8 Å². The van der Waals surface area contributed by atoms with Gasteiger partial charge in [-0.15, -0.1) is 0 Å². The van der Waals surface area contributed by atoms with Crippen LogP contribution in [0.25, 0.3) is 0 Å². The number of nitrogens with zero attached hydrogens (tertiary/aromatic N) is 3. The second-order valence-electron chi connectivity index (χ2n) is 5.38. The predicted molar refractivity (Wildman–Crippen MR) is 86.1 cm³/mol. The third kappa shape index (κ3) is 6.06. The summed E-state index contributed by atoms with van der Waals surface area (Å²) in [7, 11) is 0. The molecule has 0 aliphatic rings. The van der Waals surface area contributed by atoms with Gasteiger partial charge < -0.3 is 10.2 Å². The largest absolute Gasteiger partial charge is 0.314 e. The Morgan fingerprint density at radius 1 is 1.25 bits per heavy atom. The van der Waals surface area contributed by atoms with Crippen LogP contribution in [0.1, 0.15) is 46.1 Å². The maximum Gasteiger partial charge on any atom is 0.0522 e. The number of aryl methyl sites for hydroxylation is 1. The molecule has 1 atom stereocenters. The second-order valence-corrected chi connectivity index (χ2v) is 5.38. The third-order valence-corrected chi connectivity index (χ3v) is 3.86. The van der Waals surface area contributed by atoms with E-state index in [1.807, 2.05) is 10.9 Å². The Balaban J connectivity index is 2.49. The molecule has 1 N–H and O–H groups in total. The van der Waals surface area contributed by atoms with E-state index in [1.54, 1.807) is 0 Å². The van der Waals surface area contributed by atoms with Crippen molar-refractivity contribution in [2.24, 2.45) is 0 Å². The molecule has 0 spiro atoms. The maximum absolute atomic E-state index is 4.37. The zero-order chi connectivity index (χ0) is 14.8. The molecule has 1 rings (SSSR count). The van der Waals surface area contributed by atoms with Crippen LogP contribution >= 0.6 is 0 Å². The number of hydrogen-bond acceptors (Lipinski definition) is 3. The van der Waals surface area contributed by atoms with Gasteiger partial charge >= 0.3 is 0 Å². The van der Waals surface area contributed by atoms with Crippen molar-refractivity contribution in [1.82, 2.24) is 20.0 Å². The lowest BCUT2D eigenvalue weighted by Crippen LogP contribution is -2.36. The Hall–Kier alpha value is -0.870. The van der Waals surface area contributed by atoms with Crippen molar-refractivity contribution in [3.8, 4) is 0 Å². The molecule has 0 amide bonds. The van der Waals surface area contributed by atoms with Crippen LogP contribution in [0.2, 0.25) is 0 Å². The van der Waals surface area contributed by atoms with E-state index in [1.165, 1.54) is 24.9 Å². The van der Waals surface area contributed by atoms with E-state index in [0.717, 1.165) is 32.6 Å². The van der Waals surface area contributed by atoms with Gasteiger partial charge in [0.2, 0.25) is 0 Å². The third-order valence-electron chi connectivity index (χ3n) is 3.86. The molecule has 116 valence electrons. The Labute approximate surface area is 124 Å². The normalized spacial score (nSPS) is 13.1. The summed E-state index contributed by atoms with van der Waals surface area (Å²) in [6.07, 6.45) is 7.68. The van der Waals surface area contributed by atoms with Crippen LogP contribution in [0.4, 0.5) is 0 Å². The van der Waals surface area contributed by atoms with Gasteiger partial charge in [-0.3, -0.25) is 4.68 Å². The first-order valence-corrected chi connectivity index (χ1v) is 8.20. The molecule has 1 aromatic rings. The van der Waals surface area contributed by atoms with E-state index in [4.69, 9.17) is 0 Å².